The Labute approximate surface area is 167 Å². The van der Waals surface area contributed by atoms with Gasteiger partial charge in [-0.3, -0.25) is 14.9 Å². The zero-order valence-electron chi connectivity index (χ0n) is 14.4. The summed E-state index contributed by atoms with van der Waals surface area (Å²) in [7, 11) is 1.75. The molecule has 7 nitrogen and oxygen atoms in total. The summed E-state index contributed by atoms with van der Waals surface area (Å²) in [6, 6.07) is 13.6. The van der Waals surface area contributed by atoms with Gasteiger partial charge >= 0.3 is 0 Å². The normalized spacial score (nSPS) is 12.2. The number of rotatable bonds is 4. The minimum atomic E-state index is -1.14. The molecule has 2 aromatic carbocycles. The third-order valence-corrected chi connectivity index (χ3v) is 6.19. The fourth-order valence-electron chi connectivity index (χ4n) is 3.11. The van der Waals surface area contributed by atoms with Gasteiger partial charge in [-0.05, 0) is 18.2 Å². The Morgan fingerprint density at radius 1 is 1.36 bits per heavy atom. The summed E-state index contributed by atoms with van der Waals surface area (Å²) in [5.74, 6) is -1.29. The molecule has 0 radical (unpaired) electrons. The Balaban J connectivity index is 1.82. The van der Waals surface area contributed by atoms with Crippen molar-refractivity contribution in [2.75, 3.05) is 0 Å². The number of para-hydroxylation sites is 2. The number of thiophene rings is 1. The minimum absolute atomic E-state index is 0.0865. The van der Waals surface area contributed by atoms with Gasteiger partial charge in [0.25, 0.3) is 5.69 Å². The van der Waals surface area contributed by atoms with Crippen LogP contribution in [0.3, 0.4) is 0 Å². The average Bonchev–Trinajstić information content (AvgIpc) is 3.20. The van der Waals surface area contributed by atoms with E-state index in [1.165, 1.54) is 18.2 Å². The number of Topliss-reactive ketones (excluding diaryl/α,β-unsaturated/α-hetero) is 1. The number of nitro benzene ring substituents is 1. The van der Waals surface area contributed by atoms with Crippen LogP contribution in [0.15, 0.2) is 42.5 Å². The molecule has 4 rings (SSSR count). The molecule has 1 unspecified atom stereocenters. The number of ketones is 1. The van der Waals surface area contributed by atoms with Gasteiger partial charge in [-0.15, -0.1) is 11.3 Å². The number of halogens is 1. The Morgan fingerprint density at radius 2 is 2.11 bits per heavy atom. The summed E-state index contributed by atoms with van der Waals surface area (Å²) >= 11 is 7.41. The standard InChI is InChI=1S/C19H11ClN4O3S/c1-23-14-5-3-2-4-13(14)22-19(23)12(9-21)17(25)18-16(20)11-7-6-10(24(26)27)8-15(11)28-18/h2-8,12H,1H3. The van der Waals surface area contributed by atoms with Gasteiger partial charge in [0.05, 0.1) is 31.9 Å². The number of benzene rings is 2. The lowest BCUT2D eigenvalue weighted by Crippen LogP contribution is -2.15. The summed E-state index contributed by atoms with van der Waals surface area (Å²) in [6.45, 7) is 0. The molecule has 0 aliphatic heterocycles. The van der Waals surface area contributed by atoms with Gasteiger partial charge < -0.3 is 4.57 Å². The van der Waals surface area contributed by atoms with Crippen molar-refractivity contribution in [2.24, 2.45) is 7.05 Å². The lowest BCUT2D eigenvalue weighted by Gasteiger charge is -2.07. The second-order valence-corrected chi connectivity index (χ2v) is 7.56. The molecule has 0 aliphatic carbocycles. The zero-order chi connectivity index (χ0) is 20.0. The van der Waals surface area contributed by atoms with Gasteiger partial charge in [-0.1, -0.05) is 23.7 Å². The van der Waals surface area contributed by atoms with Crippen LogP contribution in [0.25, 0.3) is 21.1 Å². The van der Waals surface area contributed by atoms with Gasteiger partial charge in [0.2, 0.25) is 0 Å². The summed E-state index contributed by atoms with van der Waals surface area (Å²) in [6.07, 6.45) is 0. The number of aryl methyl sites for hydroxylation is 1. The van der Waals surface area contributed by atoms with Crippen molar-refractivity contribution in [1.29, 1.82) is 5.26 Å². The monoisotopic (exact) mass is 410 g/mol. The number of nitrogens with zero attached hydrogens (tertiary/aromatic N) is 4. The number of carbonyl (C=O) groups is 1. The minimum Gasteiger partial charge on any atom is -0.330 e. The number of hydrogen-bond acceptors (Lipinski definition) is 6. The molecule has 0 saturated carbocycles. The van der Waals surface area contributed by atoms with Crippen molar-refractivity contribution in [1.82, 2.24) is 9.55 Å². The van der Waals surface area contributed by atoms with Crippen LogP contribution in [-0.4, -0.2) is 20.3 Å². The van der Waals surface area contributed by atoms with E-state index in [1.807, 2.05) is 30.3 Å². The molecule has 9 heteroatoms. The molecule has 0 saturated heterocycles. The highest BCUT2D eigenvalue weighted by molar-refractivity contribution is 7.21. The third kappa shape index (κ3) is 2.72. The molecule has 0 N–H and O–H groups in total. The lowest BCUT2D eigenvalue weighted by atomic mass is 10.0. The van der Waals surface area contributed by atoms with Crippen LogP contribution < -0.4 is 0 Å². The molecule has 0 amide bonds. The molecule has 0 aliphatic rings. The predicted octanol–water partition coefficient (Wildman–Crippen LogP) is 4.84. The van der Waals surface area contributed by atoms with Crippen molar-refractivity contribution in [3.8, 4) is 6.07 Å². The number of nitriles is 1. The number of imidazole rings is 1. The van der Waals surface area contributed by atoms with E-state index in [9.17, 15) is 20.2 Å². The number of aromatic nitrogens is 2. The summed E-state index contributed by atoms with van der Waals surface area (Å²) < 4.78 is 2.23. The van der Waals surface area contributed by atoms with Crippen molar-refractivity contribution in [3.05, 3.63) is 68.3 Å². The Morgan fingerprint density at radius 3 is 2.79 bits per heavy atom. The van der Waals surface area contributed by atoms with E-state index in [2.05, 4.69) is 4.98 Å². The highest BCUT2D eigenvalue weighted by Crippen LogP contribution is 2.39. The summed E-state index contributed by atoms with van der Waals surface area (Å²) in [5, 5.41) is 21.4. The summed E-state index contributed by atoms with van der Waals surface area (Å²) in [5.41, 5.74) is 1.41. The van der Waals surface area contributed by atoms with Gasteiger partial charge in [-0.2, -0.15) is 5.26 Å². The maximum atomic E-state index is 13.1. The third-order valence-electron chi connectivity index (χ3n) is 4.52. The van der Waals surface area contributed by atoms with E-state index in [0.717, 1.165) is 16.9 Å². The van der Waals surface area contributed by atoms with E-state index >= 15 is 0 Å². The Kier molecular flexibility index (Phi) is 4.34. The zero-order valence-corrected chi connectivity index (χ0v) is 16.0. The molecular formula is C19H11ClN4O3S. The van der Waals surface area contributed by atoms with E-state index in [1.54, 1.807) is 11.6 Å². The number of hydrogen-bond donors (Lipinski definition) is 0. The van der Waals surface area contributed by atoms with Crippen LogP contribution >= 0.6 is 22.9 Å². The van der Waals surface area contributed by atoms with Crippen LogP contribution in [0.1, 0.15) is 21.4 Å². The number of non-ortho nitro benzene ring substituents is 1. The summed E-state index contributed by atoms with van der Waals surface area (Å²) in [4.78, 5) is 28.2. The molecule has 138 valence electrons. The predicted molar refractivity (Wildman–Crippen MR) is 107 cm³/mol. The quantitative estimate of drug-likeness (QED) is 0.272. The van der Waals surface area contributed by atoms with Crippen LogP contribution in [-0.2, 0) is 7.05 Å². The maximum absolute atomic E-state index is 13.1. The first-order chi connectivity index (χ1) is 13.4. The molecule has 0 spiro atoms. The van der Waals surface area contributed by atoms with Crippen molar-refractivity contribution >= 4 is 55.5 Å². The largest absolute Gasteiger partial charge is 0.330 e. The second kappa shape index (κ2) is 6.71. The first-order valence-electron chi connectivity index (χ1n) is 8.14. The SMILES string of the molecule is Cn1c(C(C#N)C(=O)c2sc3cc([N+](=O)[O-])ccc3c2Cl)nc2ccccc21. The molecule has 1 atom stereocenters. The number of fused-ring (bicyclic) bond motifs is 2. The topological polar surface area (TPSA) is 102 Å². The molecule has 2 aromatic heterocycles. The fourth-order valence-corrected chi connectivity index (χ4v) is 4.64. The average molecular weight is 411 g/mol. The van der Waals surface area contributed by atoms with Crippen molar-refractivity contribution in [2.45, 2.75) is 5.92 Å². The van der Waals surface area contributed by atoms with E-state index in [4.69, 9.17) is 11.6 Å². The fraction of sp³-hybridized carbons (Fsp3) is 0.105. The van der Waals surface area contributed by atoms with Crippen molar-refractivity contribution in [3.63, 3.8) is 0 Å². The molecular weight excluding hydrogens is 400 g/mol. The maximum Gasteiger partial charge on any atom is 0.270 e. The van der Waals surface area contributed by atoms with Gasteiger partial charge in [0.15, 0.2) is 11.7 Å². The van der Waals surface area contributed by atoms with Crippen LogP contribution in [0.5, 0.6) is 0 Å². The van der Waals surface area contributed by atoms with Crippen LogP contribution in [0, 0.1) is 21.4 Å². The molecule has 0 bridgehead atoms. The number of carbonyl (C=O) groups excluding carboxylic acids is 1. The first kappa shape index (κ1) is 18.1. The van der Waals surface area contributed by atoms with E-state index in [0.29, 0.717) is 21.4 Å². The molecule has 2 heterocycles. The smallest absolute Gasteiger partial charge is 0.270 e. The highest BCUT2D eigenvalue weighted by atomic mass is 35.5. The van der Waals surface area contributed by atoms with Crippen LogP contribution in [0.4, 0.5) is 5.69 Å². The number of nitro groups is 1. The second-order valence-electron chi connectivity index (χ2n) is 6.13. The molecule has 4 aromatic rings. The van der Waals surface area contributed by atoms with E-state index in [-0.39, 0.29) is 15.6 Å². The Hall–Kier alpha value is -3.28. The highest BCUT2D eigenvalue weighted by Gasteiger charge is 2.30. The van der Waals surface area contributed by atoms with Crippen LogP contribution in [0.2, 0.25) is 5.02 Å². The van der Waals surface area contributed by atoms with Gasteiger partial charge in [0, 0.05) is 29.3 Å². The first-order valence-corrected chi connectivity index (χ1v) is 9.33. The molecule has 28 heavy (non-hydrogen) atoms. The lowest BCUT2D eigenvalue weighted by molar-refractivity contribution is -0.384. The van der Waals surface area contributed by atoms with Gasteiger partial charge in [-0.25, -0.2) is 4.98 Å². The Bertz CT molecular complexity index is 1320. The van der Waals surface area contributed by atoms with Gasteiger partial charge in [0.1, 0.15) is 5.82 Å². The van der Waals surface area contributed by atoms with Crippen molar-refractivity contribution < 1.29 is 9.72 Å². The molecule has 0 fully saturated rings. The van der Waals surface area contributed by atoms with E-state index < -0.39 is 16.6 Å².